The monoisotopic (exact) mass is 404 g/mol. The van der Waals surface area contributed by atoms with Crippen LogP contribution in [-0.2, 0) is 9.59 Å². The fourth-order valence-electron chi connectivity index (χ4n) is 2.90. The van der Waals surface area contributed by atoms with Gasteiger partial charge in [-0.3, -0.25) is 9.59 Å². The number of halogens is 3. The minimum absolute atomic E-state index is 0.00620. The first kappa shape index (κ1) is 21.0. The van der Waals surface area contributed by atoms with Crippen molar-refractivity contribution in [1.82, 2.24) is 4.90 Å². The van der Waals surface area contributed by atoms with Crippen molar-refractivity contribution in [3.8, 4) is 0 Å². The molecule has 1 heterocycles. The molecular formula is C18H23ClF2N2O2S. The number of nitrogens with zero attached hydrogens (tertiary/aromatic N) is 1. The zero-order valence-corrected chi connectivity index (χ0v) is 16.6. The molecule has 0 saturated carbocycles. The first-order valence-electron chi connectivity index (χ1n) is 8.43. The smallest absolute Gasteiger partial charge is 0.289 e. The van der Waals surface area contributed by atoms with Gasteiger partial charge in [0.15, 0.2) is 0 Å². The molecule has 0 bridgehead atoms. The van der Waals surface area contributed by atoms with Crippen molar-refractivity contribution in [2.75, 3.05) is 18.4 Å². The summed E-state index contributed by atoms with van der Waals surface area (Å²) in [6.07, 6.45) is 1.38. The number of hydrogen-bond acceptors (Lipinski definition) is 3. The second-order valence-electron chi connectivity index (χ2n) is 7.32. The van der Waals surface area contributed by atoms with Crippen molar-refractivity contribution in [3.05, 3.63) is 23.2 Å². The number of carbonyl (C=O) groups excluding carboxylic acids is 2. The van der Waals surface area contributed by atoms with Crippen molar-refractivity contribution >= 4 is 40.9 Å². The number of likely N-dealkylation sites (tertiary alicyclic amines) is 1. The number of rotatable bonds is 4. The molecule has 0 radical (unpaired) electrons. The summed E-state index contributed by atoms with van der Waals surface area (Å²) in [4.78, 5) is 27.0. The summed E-state index contributed by atoms with van der Waals surface area (Å²) >= 11 is 6.30. The summed E-state index contributed by atoms with van der Waals surface area (Å²) in [5.41, 5.74) is -0.237. The van der Waals surface area contributed by atoms with Crippen LogP contribution in [0.2, 0.25) is 5.02 Å². The van der Waals surface area contributed by atoms with Gasteiger partial charge in [0.05, 0.1) is 21.5 Å². The molecule has 1 aromatic rings. The minimum atomic E-state index is -2.64. The number of piperidine rings is 1. The first-order valence-corrected chi connectivity index (χ1v) is 9.69. The quantitative estimate of drug-likeness (QED) is 0.728. The fourth-order valence-corrected chi connectivity index (χ4v) is 3.81. The Morgan fingerprint density at radius 3 is 2.65 bits per heavy atom. The lowest BCUT2D eigenvalue weighted by molar-refractivity contribution is -0.142. The van der Waals surface area contributed by atoms with Crippen LogP contribution in [0.15, 0.2) is 23.1 Å². The minimum Gasteiger partial charge on any atom is -0.341 e. The van der Waals surface area contributed by atoms with E-state index in [-0.39, 0.29) is 33.3 Å². The van der Waals surface area contributed by atoms with Crippen molar-refractivity contribution in [3.63, 3.8) is 0 Å². The van der Waals surface area contributed by atoms with Gasteiger partial charge in [0.25, 0.3) is 5.76 Å². The topological polar surface area (TPSA) is 49.4 Å². The van der Waals surface area contributed by atoms with Crippen LogP contribution in [0.1, 0.15) is 33.6 Å². The van der Waals surface area contributed by atoms with Crippen molar-refractivity contribution in [1.29, 1.82) is 0 Å². The Bertz CT molecular complexity index is 680. The SMILES string of the molecule is CC(C)(C)C(=O)N1CCCC(C(=O)Nc2cccc(Cl)c2SC(F)F)C1. The predicted molar refractivity (Wildman–Crippen MR) is 101 cm³/mol. The molecule has 1 aliphatic rings. The number of hydrogen-bond donors (Lipinski definition) is 1. The largest absolute Gasteiger partial charge is 0.341 e. The van der Waals surface area contributed by atoms with E-state index in [0.29, 0.717) is 31.3 Å². The average Bonchev–Trinajstić information content (AvgIpc) is 2.56. The number of carbonyl (C=O) groups is 2. The Labute approximate surface area is 161 Å². The highest BCUT2D eigenvalue weighted by atomic mass is 35.5. The Morgan fingerprint density at radius 2 is 2.04 bits per heavy atom. The maximum absolute atomic E-state index is 12.8. The third kappa shape index (κ3) is 5.33. The van der Waals surface area contributed by atoms with E-state index >= 15 is 0 Å². The number of nitrogens with one attached hydrogen (secondary N) is 1. The van der Waals surface area contributed by atoms with Crippen LogP contribution < -0.4 is 5.32 Å². The van der Waals surface area contributed by atoms with Gasteiger partial charge in [-0.05, 0) is 25.0 Å². The van der Waals surface area contributed by atoms with Gasteiger partial charge in [-0.1, -0.05) is 50.2 Å². The summed E-state index contributed by atoms with van der Waals surface area (Å²) in [5.74, 6) is -3.29. The summed E-state index contributed by atoms with van der Waals surface area (Å²) in [6.45, 7) is 6.50. The van der Waals surface area contributed by atoms with Crippen molar-refractivity contribution in [2.24, 2.45) is 11.3 Å². The number of anilines is 1. The van der Waals surface area contributed by atoms with Crippen LogP contribution in [-0.4, -0.2) is 35.6 Å². The first-order chi connectivity index (χ1) is 12.1. The van der Waals surface area contributed by atoms with Crippen molar-refractivity contribution < 1.29 is 18.4 Å². The molecule has 144 valence electrons. The van der Waals surface area contributed by atoms with E-state index in [1.54, 1.807) is 17.0 Å². The van der Waals surface area contributed by atoms with Crippen LogP contribution in [0.4, 0.5) is 14.5 Å². The molecule has 4 nitrogen and oxygen atoms in total. The van der Waals surface area contributed by atoms with Gasteiger partial charge in [0, 0.05) is 18.5 Å². The molecule has 2 amide bonds. The van der Waals surface area contributed by atoms with Gasteiger partial charge in [-0.2, -0.15) is 8.78 Å². The zero-order chi connectivity index (χ0) is 19.5. The highest BCUT2D eigenvalue weighted by molar-refractivity contribution is 7.99. The molecule has 2 rings (SSSR count). The van der Waals surface area contributed by atoms with Gasteiger partial charge in [0.1, 0.15) is 0 Å². The molecule has 0 spiro atoms. The van der Waals surface area contributed by atoms with E-state index in [4.69, 9.17) is 11.6 Å². The van der Waals surface area contributed by atoms with Gasteiger partial charge in [-0.25, -0.2) is 0 Å². The Kier molecular flexibility index (Phi) is 6.91. The average molecular weight is 405 g/mol. The van der Waals surface area contributed by atoms with Crippen molar-refractivity contribution in [2.45, 2.75) is 44.3 Å². The molecule has 1 fully saturated rings. The molecule has 1 saturated heterocycles. The van der Waals surface area contributed by atoms with E-state index in [2.05, 4.69) is 5.32 Å². The lowest BCUT2D eigenvalue weighted by Crippen LogP contribution is -2.47. The van der Waals surface area contributed by atoms with E-state index in [0.717, 1.165) is 6.42 Å². The summed E-state index contributed by atoms with van der Waals surface area (Å²) in [6, 6.07) is 4.66. The summed E-state index contributed by atoms with van der Waals surface area (Å²) in [7, 11) is 0. The zero-order valence-electron chi connectivity index (χ0n) is 15.0. The third-order valence-electron chi connectivity index (χ3n) is 4.15. The Morgan fingerprint density at radius 1 is 1.35 bits per heavy atom. The van der Waals surface area contributed by atoms with Crippen LogP contribution in [0, 0.1) is 11.3 Å². The van der Waals surface area contributed by atoms with Gasteiger partial charge >= 0.3 is 0 Å². The highest BCUT2D eigenvalue weighted by Crippen LogP contribution is 2.38. The maximum atomic E-state index is 12.8. The molecule has 8 heteroatoms. The fraction of sp³-hybridized carbons (Fsp3) is 0.556. The Hall–Kier alpha value is -1.34. The predicted octanol–water partition coefficient (Wildman–Crippen LogP) is 4.88. The lowest BCUT2D eigenvalue weighted by Gasteiger charge is -2.36. The van der Waals surface area contributed by atoms with E-state index in [1.165, 1.54) is 6.07 Å². The third-order valence-corrected chi connectivity index (χ3v) is 5.43. The maximum Gasteiger partial charge on any atom is 0.289 e. The molecule has 1 unspecified atom stereocenters. The number of thioether (sulfide) groups is 1. The van der Waals surface area contributed by atoms with Crippen LogP contribution >= 0.6 is 23.4 Å². The molecular weight excluding hydrogens is 382 g/mol. The van der Waals surface area contributed by atoms with Crippen LogP contribution in [0.5, 0.6) is 0 Å². The molecule has 1 aliphatic heterocycles. The second-order valence-corrected chi connectivity index (χ2v) is 8.73. The van der Waals surface area contributed by atoms with E-state index < -0.39 is 11.2 Å². The molecule has 26 heavy (non-hydrogen) atoms. The number of amides is 2. The lowest BCUT2D eigenvalue weighted by atomic mass is 9.91. The molecule has 0 aliphatic carbocycles. The van der Waals surface area contributed by atoms with Gasteiger partial charge in [0.2, 0.25) is 11.8 Å². The number of alkyl halides is 2. The molecule has 0 aromatic heterocycles. The van der Waals surface area contributed by atoms with Crippen LogP contribution in [0.25, 0.3) is 0 Å². The van der Waals surface area contributed by atoms with Gasteiger partial charge in [-0.15, -0.1) is 0 Å². The van der Waals surface area contributed by atoms with Gasteiger partial charge < -0.3 is 10.2 Å². The molecule has 1 aromatic carbocycles. The highest BCUT2D eigenvalue weighted by Gasteiger charge is 2.33. The van der Waals surface area contributed by atoms with E-state index in [9.17, 15) is 18.4 Å². The number of benzene rings is 1. The molecule has 1 atom stereocenters. The Balaban J connectivity index is 2.10. The molecule has 1 N–H and O–H groups in total. The summed E-state index contributed by atoms with van der Waals surface area (Å²) in [5, 5.41) is 2.88. The van der Waals surface area contributed by atoms with Crippen LogP contribution in [0.3, 0.4) is 0 Å². The second kappa shape index (κ2) is 8.57. The summed E-state index contributed by atoms with van der Waals surface area (Å²) < 4.78 is 25.5. The standard InChI is InChI=1S/C18H23ClF2N2O2S/c1-18(2,3)16(25)23-9-5-6-11(10-23)15(24)22-13-8-4-7-12(19)14(13)26-17(20)21/h4,7-8,11,17H,5-6,9-10H2,1-3H3,(H,22,24). The van der Waals surface area contributed by atoms with E-state index in [1.807, 2.05) is 20.8 Å². The normalized spacial score (nSPS) is 18.1.